The van der Waals surface area contributed by atoms with Gasteiger partial charge in [0.2, 0.25) is 0 Å². The first kappa shape index (κ1) is 11.1. The summed E-state index contributed by atoms with van der Waals surface area (Å²) in [6.07, 6.45) is -2.75. The minimum Gasteiger partial charge on any atom is -0.476 e. The molecule has 0 aliphatic carbocycles. The first-order valence-corrected chi connectivity index (χ1v) is 3.81. The van der Waals surface area contributed by atoms with E-state index < -0.39 is 30.5 Å². The van der Waals surface area contributed by atoms with Gasteiger partial charge in [0, 0.05) is 6.07 Å². The highest BCUT2D eigenvalue weighted by Crippen LogP contribution is 2.07. The zero-order valence-electron chi connectivity index (χ0n) is 7.35. The van der Waals surface area contributed by atoms with Gasteiger partial charge in [0.1, 0.15) is 12.2 Å². The predicted octanol–water partition coefficient (Wildman–Crippen LogP) is -0.0547. The molecule has 0 saturated heterocycles. The summed E-state index contributed by atoms with van der Waals surface area (Å²) in [5.74, 6) is -2.42. The Morgan fingerprint density at radius 2 is 2.20 bits per heavy atom. The van der Waals surface area contributed by atoms with E-state index in [0.717, 1.165) is 6.07 Å². The zero-order valence-corrected chi connectivity index (χ0v) is 7.35. The molecule has 0 radical (unpaired) electrons. The van der Waals surface area contributed by atoms with Crippen molar-refractivity contribution in [1.82, 2.24) is 9.78 Å². The molecule has 0 aromatic carbocycles. The molecule has 1 aromatic heterocycles. The van der Waals surface area contributed by atoms with E-state index in [1.807, 2.05) is 0 Å². The Morgan fingerprint density at radius 3 is 2.60 bits per heavy atom. The molecule has 8 heteroatoms. The van der Waals surface area contributed by atoms with Gasteiger partial charge in [0.05, 0.1) is 0 Å². The predicted molar refractivity (Wildman–Crippen MR) is 43.7 cm³/mol. The molecule has 1 heterocycles. The molecule has 0 bridgehead atoms. The van der Waals surface area contributed by atoms with Gasteiger partial charge < -0.3 is 10.8 Å². The number of carboxylic acids is 1. The van der Waals surface area contributed by atoms with Crippen LogP contribution in [0.4, 0.5) is 8.78 Å². The molecule has 0 saturated carbocycles. The van der Waals surface area contributed by atoms with E-state index in [4.69, 9.17) is 10.8 Å². The zero-order chi connectivity index (χ0) is 11.6. The highest BCUT2D eigenvalue weighted by Gasteiger charge is 2.18. The summed E-state index contributed by atoms with van der Waals surface area (Å²) in [5.41, 5.74) is 4.02. The van der Waals surface area contributed by atoms with Crippen molar-refractivity contribution < 1.29 is 23.5 Å². The van der Waals surface area contributed by atoms with Crippen LogP contribution in [0.25, 0.3) is 0 Å². The summed E-state index contributed by atoms with van der Waals surface area (Å²) in [4.78, 5) is 21.2. The monoisotopic (exact) mass is 219 g/mol. The van der Waals surface area contributed by atoms with Crippen LogP contribution in [-0.2, 0) is 6.54 Å². The summed E-state index contributed by atoms with van der Waals surface area (Å²) in [6, 6.07) is 0.854. The van der Waals surface area contributed by atoms with Crippen LogP contribution in [0.2, 0.25) is 0 Å². The van der Waals surface area contributed by atoms with E-state index in [0.29, 0.717) is 4.68 Å². The molecule has 15 heavy (non-hydrogen) atoms. The number of amides is 1. The molecule has 6 nitrogen and oxygen atoms in total. The van der Waals surface area contributed by atoms with Crippen LogP contribution in [0.5, 0.6) is 0 Å². The van der Waals surface area contributed by atoms with Gasteiger partial charge in [0.25, 0.3) is 12.3 Å². The van der Waals surface area contributed by atoms with Gasteiger partial charge >= 0.3 is 5.97 Å². The van der Waals surface area contributed by atoms with E-state index >= 15 is 0 Å². The van der Waals surface area contributed by atoms with E-state index in [1.165, 1.54) is 0 Å². The summed E-state index contributed by atoms with van der Waals surface area (Å²) in [6.45, 7) is -0.869. The van der Waals surface area contributed by atoms with Gasteiger partial charge in [-0.25, -0.2) is 13.6 Å². The number of hydrogen-bond acceptors (Lipinski definition) is 3. The Kier molecular flexibility index (Phi) is 2.98. The number of carbonyl (C=O) groups is 2. The molecule has 3 N–H and O–H groups in total. The van der Waals surface area contributed by atoms with Crippen molar-refractivity contribution in [2.24, 2.45) is 5.73 Å². The molecule has 0 unspecified atom stereocenters. The number of aromatic carboxylic acids is 1. The summed E-state index contributed by atoms with van der Waals surface area (Å²) in [7, 11) is 0. The molecule has 0 aliphatic heterocycles. The molecule has 1 rings (SSSR count). The van der Waals surface area contributed by atoms with E-state index in [2.05, 4.69) is 5.10 Å². The molecule has 82 valence electrons. The number of aromatic nitrogens is 2. The second kappa shape index (κ2) is 4.03. The van der Waals surface area contributed by atoms with Crippen molar-refractivity contribution in [3.8, 4) is 0 Å². The number of carboxylic acid groups (broad SMARTS) is 1. The third-order valence-electron chi connectivity index (χ3n) is 1.56. The highest BCUT2D eigenvalue weighted by molar-refractivity contribution is 5.94. The second-order valence-electron chi connectivity index (χ2n) is 2.66. The number of carbonyl (C=O) groups excluding carboxylic acids is 1. The van der Waals surface area contributed by atoms with Crippen LogP contribution in [0.3, 0.4) is 0 Å². The molecule has 0 atom stereocenters. The molecule has 1 aromatic rings. The van der Waals surface area contributed by atoms with Crippen molar-refractivity contribution in [2.45, 2.75) is 13.0 Å². The normalized spacial score (nSPS) is 10.6. The van der Waals surface area contributed by atoms with Gasteiger partial charge in [-0.1, -0.05) is 0 Å². The maximum absolute atomic E-state index is 12.0. The number of rotatable bonds is 4. The highest BCUT2D eigenvalue weighted by atomic mass is 19.3. The average Bonchev–Trinajstić information content (AvgIpc) is 2.46. The minimum atomic E-state index is -2.75. The van der Waals surface area contributed by atoms with Crippen LogP contribution in [-0.4, -0.2) is 33.2 Å². The topological polar surface area (TPSA) is 98.2 Å². The Labute approximate surface area is 82.3 Å². The standard InChI is InChI=1S/C7H7F2N3O3/c8-5(9)2-12-4(6(10)13)1-3(11-12)7(14)15/h1,5H,2H2,(H2,10,13)(H,14,15). The fourth-order valence-electron chi connectivity index (χ4n) is 0.990. The summed E-state index contributed by atoms with van der Waals surface area (Å²) >= 11 is 0. The average molecular weight is 219 g/mol. The Hall–Kier alpha value is -1.99. The van der Waals surface area contributed by atoms with E-state index in [-0.39, 0.29) is 5.69 Å². The van der Waals surface area contributed by atoms with Gasteiger partial charge in [0.15, 0.2) is 5.69 Å². The second-order valence-corrected chi connectivity index (χ2v) is 2.66. The van der Waals surface area contributed by atoms with Gasteiger partial charge in [-0.15, -0.1) is 0 Å². The smallest absolute Gasteiger partial charge is 0.356 e. The largest absolute Gasteiger partial charge is 0.476 e. The number of alkyl halides is 2. The summed E-state index contributed by atoms with van der Waals surface area (Å²) < 4.78 is 24.6. The van der Waals surface area contributed by atoms with Crippen LogP contribution in [0, 0.1) is 0 Å². The summed E-state index contributed by atoms with van der Waals surface area (Å²) in [5, 5.41) is 11.8. The molecule has 0 spiro atoms. The number of primary amides is 1. The van der Waals surface area contributed by atoms with E-state index in [1.54, 1.807) is 0 Å². The molecular formula is C7H7F2N3O3. The fourth-order valence-corrected chi connectivity index (χ4v) is 0.990. The van der Waals surface area contributed by atoms with Crippen LogP contribution < -0.4 is 5.73 Å². The number of halogens is 2. The van der Waals surface area contributed by atoms with Crippen molar-refractivity contribution in [2.75, 3.05) is 0 Å². The number of nitrogens with zero attached hydrogens (tertiary/aromatic N) is 2. The van der Waals surface area contributed by atoms with Crippen LogP contribution in [0.1, 0.15) is 21.0 Å². The SMILES string of the molecule is NC(=O)c1cc(C(=O)O)nn1CC(F)F. The first-order chi connectivity index (χ1) is 6.91. The van der Waals surface area contributed by atoms with Crippen molar-refractivity contribution in [1.29, 1.82) is 0 Å². The minimum absolute atomic E-state index is 0.354. The third-order valence-corrected chi connectivity index (χ3v) is 1.56. The number of nitrogens with two attached hydrogens (primary N) is 1. The van der Waals surface area contributed by atoms with Crippen LogP contribution in [0.15, 0.2) is 6.07 Å². The van der Waals surface area contributed by atoms with Gasteiger partial charge in [-0.2, -0.15) is 5.10 Å². The van der Waals surface area contributed by atoms with Crippen molar-refractivity contribution >= 4 is 11.9 Å². The van der Waals surface area contributed by atoms with Crippen molar-refractivity contribution in [3.63, 3.8) is 0 Å². The van der Waals surface area contributed by atoms with E-state index in [9.17, 15) is 18.4 Å². The quantitative estimate of drug-likeness (QED) is 0.741. The lowest BCUT2D eigenvalue weighted by atomic mass is 10.3. The molecule has 0 fully saturated rings. The number of hydrogen-bond donors (Lipinski definition) is 2. The Morgan fingerprint density at radius 1 is 1.60 bits per heavy atom. The van der Waals surface area contributed by atoms with Crippen molar-refractivity contribution in [3.05, 3.63) is 17.5 Å². The lowest BCUT2D eigenvalue weighted by Crippen LogP contribution is -2.20. The lowest BCUT2D eigenvalue weighted by Gasteiger charge is -2.02. The molecule has 0 aliphatic rings. The molecule has 1 amide bonds. The Bertz CT molecular complexity index is 402. The first-order valence-electron chi connectivity index (χ1n) is 3.81. The maximum atomic E-state index is 12.0. The van der Waals surface area contributed by atoms with Gasteiger partial charge in [-0.3, -0.25) is 9.48 Å². The van der Waals surface area contributed by atoms with Crippen LogP contribution >= 0.6 is 0 Å². The lowest BCUT2D eigenvalue weighted by molar-refractivity contribution is 0.0685. The maximum Gasteiger partial charge on any atom is 0.356 e. The third kappa shape index (κ3) is 2.48. The fraction of sp³-hybridized carbons (Fsp3) is 0.286. The molecular weight excluding hydrogens is 212 g/mol. The van der Waals surface area contributed by atoms with Gasteiger partial charge in [-0.05, 0) is 0 Å². The Balaban J connectivity index is 3.11.